The Bertz CT molecular complexity index is 924. The minimum Gasteiger partial charge on any atom is -0.380 e. The van der Waals surface area contributed by atoms with Crippen LogP contribution in [0.1, 0.15) is 0 Å². The highest BCUT2D eigenvalue weighted by Gasteiger charge is 2.26. The number of nitrogens with one attached hydrogen (secondary N) is 1. The molecule has 0 aliphatic heterocycles. The van der Waals surface area contributed by atoms with Crippen molar-refractivity contribution in [2.75, 3.05) is 12.4 Å². The van der Waals surface area contributed by atoms with Crippen LogP contribution in [0.2, 0.25) is 0 Å². The lowest BCUT2D eigenvalue weighted by atomic mass is 10.2. The molecule has 2 rings (SSSR count). The van der Waals surface area contributed by atoms with Crippen molar-refractivity contribution in [1.29, 1.82) is 0 Å². The largest absolute Gasteiger partial charge is 0.380 e. The topological polar surface area (TPSA) is 98.3 Å². The molecule has 0 radical (unpaired) electrons. The molecule has 1 N–H and O–H groups in total. The maximum atomic E-state index is 12.9. The van der Waals surface area contributed by atoms with E-state index in [-0.39, 0.29) is 6.07 Å². The van der Waals surface area contributed by atoms with Crippen molar-refractivity contribution in [2.45, 2.75) is 0 Å². The first-order valence-electron chi connectivity index (χ1n) is 6.41. The summed E-state index contributed by atoms with van der Waals surface area (Å²) in [6.07, 6.45) is 0. The van der Waals surface area contributed by atoms with Crippen molar-refractivity contribution in [1.82, 2.24) is 0 Å². The van der Waals surface area contributed by atoms with Crippen LogP contribution in [0, 0.1) is 60.9 Å². The van der Waals surface area contributed by atoms with Gasteiger partial charge in [0.1, 0.15) is 0 Å². The van der Waals surface area contributed by atoms with Gasteiger partial charge in [-0.1, -0.05) is 0 Å². The number of rotatable bonds is 3. The van der Waals surface area contributed by atoms with Gasteiger partial charge in [-0.3, -0.25) is 20.2 Å². The smallest absolute Gasteiger partial charge is 0.311 e. The Labute approximate surface area is 144 Å². The van der Waals surface area contributed by atoms with Gasteiger partial charge in [-0.05, 0) is 0 Å². The van der Waals surface area contributed by atoms with E-state index in [1.54, 1.807) is 0 Å². The van der Waals surface area contributed by atoms with E-state index in [2.05, 4.69) is 5.32 Å². The van der Waals surface area contributed by atoms with Gasteiger partial charge in [0, 0.05) is 7.05 Å². The van der Waals surface area contributed by atoms with E-state index in [9.17, 15) is 51.0 Å². The van der Waals surface area contributed by atoms with Crippen LogP contribution in [-0.4, -0.2) is 16.9 Å². The second-order valence-electron chi connectivity index (χ2n) is 4.46. The van der Waals surface area contributed by atoms with Gasteiger partial charge in [0.15, 0.2) is 34.8 Å². The molecule has 7 nitrogen and oxygen atoms in total. The van der Waals surface area contributed by atoms with Crippen molar-refractivity contribution in [2.24, 2.45) is 0 Å². The number of halogens is 7. The van der Waals surface area contributed by atoms with E-state index < -0.39 is 67.6 Å². The van der Waals surface area contributed by atoms with E-state index >= 15 is 0 Å². The van der Waals surface area contributed by atoms with Crippen LogP contribution in [-0.2, 0) is 0 Å². The molecule has 27 heavy (non-hydrogen) atoms. The molecule has 0 unspecified atom stereocenters. The van der Waals surface area contributed by atoms with Gasteiger partial charge < -0.3 is 5.32 Å². The molecule has 0 saturated carbocycles. The summed E-state index contributed by atoms with van der Waals surface area (Å²) in [5.41, 5.74) is -2.95. The summed E-state index contributed by atoms with van der Waals surface area (Å²) in [7, 11) is 1.17. The van der Waals surface area contributed by atoms with Crippen LogP contribution >= 0.6 is 0 Å². The molecule has 0 heterocycles. The predicted molar refractivity (Wildman–Crippen MR) is 75.4 cm³/mol. The second kappa shape index (κ2) is 8.29. The van der Waals surface area contributed by atoms with Crippen LogP contribution in [0.4, 0.5) is 47.8 Å². The first kappa shape index (κ1) is 21.6. The first-order valence-corrected chi connectivity index (χ1v) is 6.41. The average molecular weight is 401 g/mol. The number of anilines is 1. The van der Waals surface area contributed by atoms with Gasteiger partial charge in [0.2, 0.25) is 11.6 Å². The molecule has 0 amide bonds. The molecule has 14 heteroatoms. The summed E-state index contributed by atoms with van der Waals surface area (Å²) in [5.74, 6) is -13.0. The van der Waals surface area contributed by atoms with Crippen molar-refractivity contribution >= 4 is 17.1 Å². The zero-order chi connectivity index (χ0) is 21.0. The molecule has 0 aliphatic rings. The summed E-state index contributed by atoms with van der Waals surface area (Å²) in [6, 6.07) is 0.304. The normalized spacial score (nSPS) is 10.1. The zero-order valence-electron chi connectivity index (χ0n) is 12.8. The Morgan fingerprint density at radius 3 is 1.52 bits per heavy atom. The first-order chi connectivity index (χ1) is 12.4. The van der Waals surface area contributed by atoms with Crippen molar-refractivity contribution in [3.8, 4) is 0 Å². The molecule has 146 valence electrons. The summed E-state index contributed by atoms with van der Waals surface area (Å²) in [4.78, 5) is 17.9. The summed E-state index contributed by atoms with van der Waals surface area (Å²) >= 11 is 0. The van der Waals surface area contributed by atoms with Gasteiger partial charge in [0.05, 0.1) is 22.0 Å². The summed E-state index contributed by atoms with van der Waals surface area (Å²) in [6.45, 7) is 0. The molecule has 0 aliphatic carbocycles. The van der Waals surface area contributed by atoms with Crippen LogP contribution in [0.15, 0.2) is 12.1 Å². The SMILES string of the molecule is CNc1c([N+](=O)[O-])cc(F)c(F)c1F.O=[N+]([O-])c1cc(F)c(F)c(F)c1F. The highest BCUT2D eigenvalue weighted by Crippen LogP contribution is 2.30. The van der Waals surface area contributed by atoms with Gasteiger partial charge in [-0.25, -0.2) is 26.3 Å². The number of hydrogen-bond donors (Lipinski definition) is 1. The molecular weight excluding hydrogens is 395 g/mol. The quantitative estimate of drug-likeness (QED) is 0.273. The van der Waals surface area contributed by atoms with Crippen molar-refractivity contribution in [3.63, 3.8) is 0 Å². The molecule has 0 fully saturated rings. The third kappa shape index (κ3) is 4.39. The Morgan fingerprint density at radius 2 is 1.11 bits per heavy atom. The fourth-order valence-corrected chi connectivity index (χ4v) is 1.66. The lowest BCUT2D eigenvalue weighted by Crippen LogP contribution is -2.03. The van der Waals surface area contributed by atoms with Crippen LogP contribution in [0.5, 0.6) is 0 Å². The second-order valence-corrected chi connectivity index (χ2v) is 4.46. The monoisotopic (exact) mass is 401 g/mol. The summed E-state index contributed by atoms with van der Waals surface area (Å²) < 4.78 is 87.4. The third-order valence-corrected chi connectivity index (χ3v) is 2.87. The third-order valence-electron chi connectivity index (χ3n) is 2.87. The molecule has 0 atom stereocenters. The van der Waals surface area contributed by atoms with E-state index in [1.165, 1.54) is 7.05 Å². The van der Waals surface area contributed by atoms with Crippen molar-refractivity contribution in [3.05, 3.63) is 73.1 Å². The molecule has 0 aromatic heterocycles. The number of hydrogen-bond acceptors (Lipinski definition) is 5. The van der Waals surface area contributed by atoms with E-state index in [4.69, 9.17) is 0 Å². The minimum absolute atomic E-state index is 0.0201. The maximum absolute atomic E-state index is 12.9. The fourth-order valence-electron chi connectivity index (χ4n) is 1.66. The lowest BCUT2D eigenvalue weighted by molar-refractivity contribution is -0.388. The zero-order valence-corrected chi connectivity index (χ0v) is 12.8. The number of nitro benzene ring substituents is 2. The van der Waals surface area contributed by atoms with Gasteiger partial charge in [-0.2, -0.15) is 4.39 Å². The number of benzene rings is 2. The van der Waals surface area contributed by atoms with Crippen LogP contribution in [0.3, 0.4) is 0 Å². The number of nitrogens with zero attached hydrogens (tertiary/aromatic N) is 2. The average Bonchev–Trinajstić information content (AvgIpc) is 2.60. The van der Waals surface area contributed by atoms with Gasteiger partial charge in [-0.15, -0.1) is 0 Å². The minimum atomic E-state index is -2.19. The molecule has 0 bridgehead atoms. The number of nitro groups is 2. The van der Waals surface area contributed by atoms with Gasteiger partial charge in [0.25, 0.3) is 5.69 Å². The highest BCUT2D eigenvalue weighted by atomic mass is 19.2. The molecule has 0 saturated heterocycles. The van der Waals surface area contributed by atoms with Crippen LogP contribution < -0.4 is 5.32 Å². The lowest BCUT2D eigenvalue weighted by Gasteiger charge is -2.04. The van der Waals surface area contributed by atoms with E-state index in [0.29, 0.717) is 6.07 Å². The Morgan fingerprint density at radius 1 is 0.704 bits per heavy atom. The Kier molecular flexibility index (Phi) is 6.63. The standard InChI is InChI=1S/C7H5F3N2O2.C6HF4NO2/c1-11-7-4(12(13)14)2-3(8)5(9)6(7)10;7-2-1-3(11(12)13)5(9)6(10)4(2)8/h2,11H,1H3;1H. The molecule has 2 aromatic rings. The van der Waals surface area contributed by atoms with E-state index in [0.717, 1.165) is 0 Å². The Balaban J connectivity index is 0.000000271. The van der Waals surface area contributed by atoms with Crippen molar-refractivity contribution < 1.29 is 40.6 Å². The molecule has 0 spiro atoms. The Hall–Kier alpha value is -3.45. The molecule has 2 aromatic carbocycles. The van der Waals surface area contributed by atoms with Crippen LogP contribution in [0.25, 0.3) is 0 Å². The predicted octanol–water partition coefficient (Wildman–Crippen LogP) is 4.21. The summed E-state index contributed by atoms with van der Waals surface area (Å²) in [5, 5.41) is 22.3. The maximum Gasteiger partial charge on any atom is 0.311 e. The fraction of sp³-hybridized carbons (Fsp3) is 0.0769. The molecular formula is C13H6F7N3O4. The van der Waals surface area contributed by atoms with Gasteiger partial charge >= 0.3 is 5.69 Å². The van der Waals surface area contributed by atoms with E-state index in [1.807, 2.05) is 0 Å². The highest BCUT2D eigenvalue weighted by molar-refractivity contribution is 5.62.